The minimum atomic E-state index is -0.395. The first kappa shape index (κ1) is 17.5. The van der Waals surface area contributed by atoms with Crippen LogP contribution in [0.1, 0.15) is 15.4 Å². The minimum Gasteiger partial charge on any atom is -0.455 e. The molecule has 0 radical (unpaired) electrons. The van der Waals surface area contributed by atoms with E-state index in [-0.39, 0.29) is 6.61 Å². The summed E-state index contributed by atoms with van der Waals surface area (Å²) < 4.78 is 6.68. The normalized spacial score (nSPS) is 11.0. The molecule has 6 heteroatoms. The molecule has 140 valence electrons. The number of para-hydroxylation sites is 2. The maximum atomic E-state index is 12.9. The molecule has 0 atom stereocenters. The molecule has 5 nitrogen and oxygen atoms in total. The SMILES string of the molecule is O=C(OCc1nc2ccccc2s1)c1cc(-c2cccnc2)nc2ccccc12. The van der Waals surface area contributed by atoms with Crippen LogP contribution in [0, 0.1) is 0 Å². The van der Waals surface area contributed by atoms with Crippen LogP contribution < -0.4 is 0 Å². The molecule has 2 aromatic carbocycles. The fourth-order valence-electron chi connectivity index (χ4n) is 3.19. The number of ether oxygens (including phenoxy) is 1. The second-order valence-electron chi connectivity index (χ2n) is 6.47. The molecule has 0 amide bonds. The molecule has 0 aliphatic carbocycles. The quantitative estimate of drug-likeness (QED) is 0.387. The molecular weight excluding hydrogens is 382 g/mol. The number of nitrogens with zero attached hydrogens (tertiary/aromatic N) is 3. The second-order valence-corrected chi connectivity index (χ2v) is 7.58. The first-order valence-electron chi connectivity index (χ1n) is 9.10. The lowest BCUT2D eigenvalue weighted by atomic mass is 10.1. The Morgan fingerprint density at radius 1 is 0.931 bits per heavy atom. The van der Waals surface area contributed by atoms with Crippen molar-refractivity contribution in [2.75, 3.05) is 0 Å². The van der Waals surface area contributed by atoms with Gasteiger partial charge in [-0.1, -0.05) is 30.3 Å². The molecule has 0 bridgehead atoms. The van der Waals surface area contributed by atoms with E-state index in [1.54, 1.807) is 18.5 Å². The van der Waals surface area contributed by atoms with E-state index in [2.05, 4.69) is 15.0 Å². The van der Waals surface area contributed by atoms with E-state index in [1.165, 1.54) is 11.3 Å². The van der Waals surface area contributed by atoms with Crippen molar-refractivity contribution in [2.45, 2.75) is 6.61 Å². The van der Waals surface area contributed by atoms with Gasteiger partial charge in [0, 0.05) is 23.3 Å². The maximum absolute atomic E-state index is 12.9. The monoisotopic (exact) mass is 397 g/mol. The number of carbonyl (C=O) groups excluding carboxylic acids is 1. The molecule has 0 saturated heterocycles. The average Bonchev–Trinajstić information content (AvgIpc) is 3.20. The van der Waals surface area contributed by atoms with Crippen LogP contribution in [0.4, 0.5) is 0 Å². The molecule has 0 saturated carbocycles. The number of hydrogen-bond acceptors (Lipinski definition) is 6. The van der Waals surface area contributed by atoms with Gasteiger partial charge >= 0.3 is 5.97 Å². The van der Waals surface area contributed by atoms with E-state index in [1.807, 2.05) is 60.7 Å². The minimum absolute atomic E-state index is 0.136. The van der Waals surface area contributed by atoms with Crippen LogP contribution >= 0.6 is 11.3 Å². The Bertz CT molecular complexity index is 1300. The number of hydrogen-bond donors (Lipinski definition) is 0. The molecule has 0 unspecified atom stereocenters. The number of fused-ring (bicyclic) bond motifs is 2. The standard InChI is InChI=1S/C23H15N3O2S/c27-23(28-14-22-26-19-9-3-4-10-21(19)29-22)17-12-20(15-6-5-11-24-13-15)25-18-8-2-1-7-16(17)18/h1-13H,14H2. The highest BCUT2D eigenvalue weighted by Crippen LogP contribution is 2.26. The Morgan fingerprint density at radius 2 is 1.76 bits per heavy atom. The van der Waals surface area contributed by atoms with Crippen LogP contribution in [-0.2, 0) is 11.3 Å². The van der Waals surface area contributed by atoms with Gasteiger partial charge in [0.05, 0.1) is 27.0 Å². The summed E-state index contributed by atoms with van der Waals surface area (Å²) in [5, 5.41) is 1.53. The van der Waals surface area contributed by atoms with Gasteiger partial charge in [0.15, 0.2) is 0 Å². The van der Waals surface area contributed by atoms with Crippen LogP contribution in [0.3, 0.4) is 0 Å². The molecule has 0 aliphatic heterocycles. The van der Waals surface area contributed by atoms with Crippen molar-refractivity contribution in [3.05, 3.63) is 89.7 Å². The number of rotatable bonds is 4. The van der Waals surface area contributed by atoms with Crippen molar-refractivity contribution >= 4 is 38.4 Å². The van der Waals surface area contributed by atoms with E-state index < -0.39 is 5.97 Å². The van der Waals surface area contributed by atoms with Gasteiger partial charge in [0.25, 0.3) is 0 Å². The summed E-state index contributed by atoms with van der Waals surface area (Å²) in [4.78, 5) is 26.3. The zero-order valence-electron chi connectivity index (χ0n) is 15.3. The van der Waals surface area contributed by atoms with E-state index >= 15 is 0 Å². The van der Waals surface area contributed by atoms with Gasteiger partial charge in [-0.3, -0.25) is 4.98 Å². The van der Waals surface area contributed by atoms with E-state index in [9.17, 15) is 4.79 Å². The number of thiazole rings is 1. The summed E-state index contributed by atoms with van der Waals surface area (Å²) in [6, 6.07) is 21.0. The Balaban J connectivity index is 1.48. The van der Waals surface area contributed by atoms with E-state index in [0.29, 0.717) is 11.3 Å². The van der Waals surface area contributed by atoms with Crippen molar-refractivity contribution in [1.29, 1.82) is 0 Å². The summed E-state index contributed by atoms with van der Waals surface area (Å²) in [6.07, 6.45) is 3.44. The van der Waals surface area contributed by atoms with Crippen molar-refractivity contribution in [2.24, 2.45) is 0 Å². The fraction of sp³-hybridized carbons (Fsp3) is 0.0435. The number of benzene rings is 2. The van der Waals surface area contributed by atoms with Crippen LogP contribution in [-0.4, -0.2) is 20.9 Å². The van der Waals surface area contributed by atoms with Gasteiger partial charge in [0.2, 0.25) is 0 Å². The van der Waals surface area contributed by atoms with Crippen molar-refractivity contribution in [3.8, 4) is 11.3 Å². The van der Waals surface area contributed by atoms with E-state index in [4.69, 9.17) is 4.74 Å². The van der Waals surface area contributed by atoms with Gasteiger partial charge in [-0.2, -0.15) is 0 Å². The fourth-order valence-corrected chi connectivity index (χ4v) is 4.07. The third kappa shape index (κ3) is 3.46. The number of pyridine rings is 2. The molecule has 0 N–H and O–H groups in total. The lowest BCUT2D eigenvalue weighted by Gasteiger charge is -2.09. The third-order valence-electron chi connectivity index (χ3n) is 4.56. The smallest absolute Gasteiger partial charge is 0.339 e. The number of carbonyl (C=O) groups is 1. The Labute approximate surface area is 170 Å². The highest BCUT2D eigenvalue weighted by atomic mass is 32.1. The largest absolute Gasteiger partial charge is 0.455 e. The van der Waals surface area contributed by atoms with Crippen LogP contribution in [0.5, 0.6) is 0 Å². The molecule has 0 aliphatic rings. The van der Waals surface area contributed by atoms with Crippen molar-refractivity contribution in [3.63, 3.8) is 0 Å². The van der Waals surface area contributed by atoms with Crippen LogP contribution in [0.2, 0.25) is 0 Å². The molecule has 0 spiro atoms. The van der Waals surface area contributed by atoms with Crippen LogP contribution in [0.25, 0.3) is 32.4 Å². The zero-order chi connectivity index (χ0) is 19.6. The Kier molecular flexibility index (Phi) is 4.46. The summed E-state index contributed by atoms with van der Waals surface area (Å²) in [5.41, 5.74) is 3.66. The third-order valence-corrected chi connectivity index (χ3v) is 5.57. The predicted octanol–water partition coefficient (Wildman–Crippen LogP) is 5.26. The van der Waals surface area contributed by atoms with Gasteiger partial charge in [-0.05, 0) is 36.4 Å². The second kappa shape index (κ2) is 7.41. The van der Waals surface area contributed by atoms with Gasteiger partial charge in [-0.25, -0.2) is 14.8 Å². The van der Waals surface area contributed by atoms with Gasteiger partial charge in [0.1, 0.15) is 11.6 Å². The Morgan fingerprint density at radius 3 is 2.59 bits per heavy atom. The first-order chi connectivity index (χ1) is 14.3. The van der Waals surface area contributed by atoms with Gasteiger partial charge in [-0.15, -0.1) is 11.3 Å². The van der Waals surface area contributed by atoms with Crippen LogP contribution in [0.15, 0.2) is 79.1 Å². The predicted molar refractivity (Wildman–Crippen MR) is 114 cm³/mol. The molecule has 0 fully saturated rings. The summed E-state index contributed by atoms with van der Waals surface area (Å²) in [5.74, 6) is -0.395. The molecule has 3 heterocycles. The highest BCUT2D eigenvalue weighted by molar-refractivity contribution is 7.18. The molecule has 5 rings (SSSR count). The van der Waals surface area contributed by atoms with E-state index in [0.717, 1.165) is 31.7 Å². The molecule has 5 aromatic rings. The van der Waals surface area contributed by atoms with Crippen molar-refractivity contribution in [1.82, 2.24) is 15.0 Å². The summed E-state index contributed by atoms with van der Waals surface area (Å²) >= 11 is 1.53. The molecule has 29 heavy (non-hydrogen) atoms. The molecular formula is C23H15N3O2S. The van der Waals surface area contributed by atoms with Gasteiger partial charge < -0.3 is 4.74 Å². The topological polar surface area (TPSA) is 65.0 Å². The molecule has 3 aromatic heterocycles. The summed E-state index contributed by atoms with van der Waals surface area (Å²) in [6.45, 7) is 0.136. The summed E-state index contributed by atoms with van der Waals surface area (Å²) in [7, 11) is 0. The number of aromatic nitrogens is 3. The Hall–Kier alpha value is -3.64. The highest BCUT2D eigenvalue weighted by Gasteiger charge is 2.16. The van der Waals surface area contributed by atoms with Crippen molar-refractivity contribution < 1.29 is 9.53 Å². The lowest BCUT2D eigenvalue weighted by Crippen LogP contribution is -2.07. The first-order valence-corrected chi connectivity index (χ1v) is 9.91. The average molecular weight is 397 g/mol. The lowest BCUT2D eigenvalue weighted by molar-refractivity contribution is 0.0475. The zero-order valence-corrected chi connectivity index (χ0v) is 16.1. The number of esters is 1. The maximum Gasteiger partial charge on any atom is 0.339 e.